The van der Waals surface area contributed by atoms with Gasteiger partial charge in [-0.15, -0.1) is 11.3 Å². The number of thiophene rings is 1. The molecule has 3 aromatic rings. The van der Waals surface area contributed by atoms with Gasteiger partial charge in [0, 0.05) is 6.42 Å². The molecular formula is C23H24N2O4S. The van der Waals surface area contributed by atoms with Crippen molar-refractivity contribution >= 4 is 23.2 Å². The van der Waals surface area contributed by atoms with Gasteiger partial charge in [0.2, 0.25) is 5.91 Å². The first-order valence-electron chi connectivity index (χ1n) is 9.58. The van der Waals surface area contributed by atoms with Crippen molar-refractivity contribution in [3.8, 4) is 11.5 Å². The Hall–Kier alpha value is -3.32. The molecule has 3 rings (SSSR count). The third-order valence-electron chi connectivity index (χ3n) is 4.38. The highest BCUT2D eigenvalue weighted by atomic mass is 32.1. The van der Waals surface area contributed by atoms with Crippen LogP contribution in [0, 0.1) is 0 Å². The van der Waals surface area contributed by atoms with Crippen molar-refractivity contribution in [2.24, 2.45) is 0 Å². The number of amides is 2. The van der Waals surface area contributed by atoms with Gasteiger partial charge < -0.3 is 20.1 Å². The van der Waals surface area contributed by atoms with E-state index in [9.17, 15) is 9.59 Å². The van der Waals surface area contributed by atoms with E-state index in [1.54, 1.807) is 25.3 Å². The van der Waals surface area contributed by atoms with Gasteiger partial charge in [-0.3, -0.25) is 9.59 Å². The topological polar surface area (TPSA) is 76.7 Å². The van der Waals surface area contributed by atoms with Gasteiger partial charge in [0.25, 0.3) is 5.91 Å². The molecule has 1 heterocycles. The Morgan fingerprint density at radius 3 is 2.37 bits per heavy atom. The van der Waals surface area contributed by atoms with Gasteiger partial charge in [0.1, 0.15) is 24.1 Å². The quantitative estimate of drug-likeness (QED) is 0.490. The fraction of sp³-hybridized carbons (Fsp3) is 0.217. The zero-order valence-electron chi connectivity index (χ0n) is 16.7. The third-order valence-corrected chi connectivity index (χ3v) is 5.25. The maximum atomic E-state index is 12.8. The molecule has 0 aliphatic rings. The molecule has 0 radical (unpaired) electrons. The van der Waals surface area contributed by atoms with E-state index in [0.717, 1.165) is 11.3 Å². The first-order chi connectivity index (χ1) is 14.7. The summed E-state index contributed by atoms with van der Waals surface area (Å²) in [5.74, 6) is 0.940. The molecule has 6 nitrogen and oxygen atoms in total. The lowest BCUT2D eigenvalue weighted by Crippen LogP contribution is -2.48. The summed E-state index contributed by atoms with van der Waals surface area (Å²) in [6, 6.07) is 19.7. The molecule has 0 spiro atoms. The Morgan fingerprint density at radius 2 is 1.70 bits per heavy atom. The zero-order valence-corrected chi connectivity index (χ0v) is 17.5. The molecule has 156 valence electrons. The van der Waals surface area contributed by atoms with Crippen molar-refractivity contribution in [1.29, 1.82) is 0 Å². The van der Waals surface area contributed by atoms with Gasteiger partial charge in [0.15, 0.2) is 0 Å². The van der Waals surface area contributed by atoms with Gasteiger partial charge in [-0.1, -0.05) is 36.4 Å². The molecule has 2 aromatic carbocycles. The average Bonchev–Trinajstić information content (AvgIpc) is 3.32. The van der Waals surface area contributed by atoms with Crippen LogP contribution in [0.5, 0.6) is 11.5 Å². The molecular weight excluding hydrogens is 400 g/mol. The van der Waals surface area contributed by atoms with E-state index >= 15 is 0 Å². The third kappa shape index (κ3) is 6.35. The summed E-state index contributed by atoms with van der Waals surface area (Å²) < 4.78 is 10.8. The maximum Gasteiger partial charge on any atom is 0.262 e. The number of hydrogen-bond donors (Lipinski definition) is 2. The van der Waals surface area contributed by atoms with E-state index in [2.05, 4.69) is 10.6 Å². The van der Waals surface area contributed by atoms with Crippen LogP contribution in [0.4, 0.5) is 0 Å². The molecule has 1 atom stereocenters. The van der Waals surface area contributed by atoms with Crippen molar-refractivity contribution < 1.29 is 19.1 Å². The van der Waals surface area contributed by atoms with Crippen LogP contribution in [-0.2, 0) is 11.2 Å². The van der Waals surface area contributed by atoms with Crippen molar-refractivity contribution in [3.63, 3.8) is 0 Å². The minimum Gasteiger partial charge on any atom is -0.497 e. The highest BCUT2D eigenvalue weighted by Gasteiger charge is 2.22. The lowest BCUT2D eigenvalue weighted by molar-refractivity contribution is -0.123. The Balaban J connectivity index is 1.54. The van der Waals surface area contributed by atoms with Crippen LogP contribution < -0.4 is 20.1 Å². The van der Waals surface area contributed by atoms with E-state index in [0.29, 0.717) is 30.2 Å². The SMILES string of the molecule is COc1ccc(OCCNC(=O)[C@H](Cc2ccccc2)NC(=O)c2cccs2)cc1. The minimum atomic E-state index is -0.678. The number of nitrogens with one attached hydrogen (secondary N) is 2. The Labute approximate surface area is 179 Å². The van der Waals surface area contributed by atoms with Crippen LogP contribution in [0.25, 0.3) is 0 Å². The van der Waals surface area contributed by atoms with E-state index in [1.165, 1.54) is 11.3 Å². The first-order valence-corrected chi connectivity index (χ1v) is 10.5. The van der Waals surface area contributed by atoms with Crippen molar-refractivity contribution in [3.05, 3.63) is 82.6 Å². The highest BCUT2D eigenvalue weighted by molar-refractivity contribution is 7.12. The summed E-state index contributed by atoms with van der Waals surface area (Å²) in [6.45, 7) is 0.639. The molecule has 0 aliphatic heterocycles. The maximum absolute atomic E-state index is 12.8. The Bertz CT molecular complexity index is 928. The van der Waals surface area contributed by atoms with Gasteiger partial charge in [0.05, 0.1) is 18.5 Å². The number of carbonyl (C=O) groups excluding carboxylic acids is 2. The van der Waals surface area contributed by atoms with E-state index in [-0.39, 0.29) is 11.8 Å². The number of ether oxygens (including phenoxy) is 2. The van der Waals surface area contributed by atoms with Crippen molar-refractivity contribution in [2.75, 3.05) is 20.3 Å². The van der Waals surface area contributed by atoms with Gasteiger partial charge in [-0.2, -0.15) is 0 Å². The number of methoxy groups -OCH3 is 1. The summed E-state index contributed by atoms with van der Waals surface area (Å²) >= 11 is 1.34. The molecule has 30 heavy (non-hydrogen) atoms. The molecule has 0 saturated heterocycles. The fourth-order valence-corrected chi connectivity index (χ4v) is 3.46. The molecule has 7 heteroatoms. The monoisotopic (exact) mass is 424 g/mol. The lowest BCUT2D eigenvalue weighted by Gasteiger charge is -2.18. The number of carbonyl (C=O) groups is 2. The summed E-state index contributed by atoms with van der Waals surface area (Å²) in [6.07, 6.45) is 0.406. The van der Waals surface area contributed by atoms with Crippen LogP contribution in [0.3, 0.4) is 0 Å². The van der Waals surface area contributed by atoms with E-state index in [1.807, 2.05) is 53.9 Å². The van der Waals surface area contributed by atoms with Crippen LogP contribution in [0.1, 0.15) is 15.2 Å². The molecule has 2 amide bonds. The second-order valence-corrected chi connectivity index (χ2v) is 7.46. The molecule has 2 N–H and O–H groups in total. The second kappa shape index (κ2) is 11.0. The molecule has 0 fully saturated rings. The van der Waals surface area contributed by atoms with Crippen molar-refractivity contribution in [2.45, 2.75) is 12.5 Å². The lowest BCUT2D eigenvalue weighted by atomic mass is 10.1. The summed E-state index contributed by atoms with van der Waals surface area (Å²) in [5, 5.41) is 7.52. The Kier molecular flexibility index (Phi) is 7.86. The van der Waals surface area contributed by atoms with Crippen LogP contribution in [-0.4, -0.2) is 38.1 Å². The van der Waals surface area contributed by atoms with Crippen LogP contribution >= 0.6 is 11.3 Å². The summed E-state index contributed by atoms with van der Waals surface area (Å²) in [7, 11) is 1.61. The molecule has 0 aliphatic carbocycles. The molecule has 0 bridgehead atoms. The van der Waals surface area contributed by atoms with E-state index in [4.69, 9.17) is 9.47 Å². The predicted molar refractivity (Wildman–Crippen MR) is 117 cm³/mol. The van der Waals surface area contributed by atoms with Gasteiger partial charge in [-0.25, -0.2) is 0 Å². The first kappa shape index (κ1) is 21.4. The molecule has 1 aromatic heterocycles. The number of hydrogen-bond acceptors (Lipinski definition) is 5. The molecule has 0 unspecified atom stereocenters. The molecule has 0 saturated carbocycles. The summed E-state index contributed by atoms with van der Waals surface area (Å²) in [5.41, 5.74) is 0.971. The normalized spacial score (nSPS) is 11.4. The van der Waals surface area contributed by atoms with Gasteiger partial charge in [-0.05, 0) is 41.3 Å². The van der Waals surface area contributed by atoms with Crippen molar-refractivity contribution in [1.82, 2.24) is 10.6 Å². The van der Waals surface area contributed by atoms with Gasteiger partial charge >= 0.3 is 0 Å². The standard InChI is InChI=1S/C23H24N2O4S/c1-28-18-9-11-19(12-10-18)29-14-13-24-22(26)20(16-17-6-3-2-4-7-17)25-23(27)21-8-5-15-30-21/h2-12,15,20H,13-14,16H2,1H3,(H,24,26)(H,25,27)/t20-/m0/s1. The number of benzene rings is 2. The smallest absolute Gasteiger partial charge is 0.262 e. The minimum absolute atomic E-state index is 0.248. The van der Waals surface area contributed by atoms with Crippen LogP contribution in [0.15, 0.2) is 72.1 Å². The predicted octanol–water partition coefficient (Wildman–Crippen LogP) is 3.29. The summed E-state index contributed by atoms with van der Waals surface area (Å²) in [4.78, 5) is 25.8. The zero-order chi connectivity index (χ0) is 21.2. The average molecular weight is 425 g/mol. The Morgan fingerprint density at radius 1 is 0.967 bits per heavy atom. The number of rotatable bonds is 10. The largest absolute Gasteiger partial charge is 0.497 e. The highest BCUT2D eigenvalue weighted by Crippen LogP contribution is 2.16. The van der Waals surface area contributed by atoms with E-state index < -0.39 is 6.04 Å². The fourth-order valence-electron chi connectivity index (χ4n) is 2.83. The van der Waals surface area contributed by atoms with Crippen LogP contribution in [0.2, 0.25) is 0 Å². The second-order valence-electron chi connectivity index (χ2n) is 6.51.